The highest BCUT2D eigenvalue weighted by Crippen LogP contribution is 2.42. The van der Waals surface area contributed by atoms with Crippen molar-refractivity contribution in [3.8, 4) is 0 Å². The Hall–Kier alpha value is -0.380. The number of rotatable bonds is 3. The zero-order chi connectivity index (χ0) is 15.9. The molecule has 0 saturated carbocycles. The van der Waals surface area contributed by atoms with Crippen LogP contribution in [0.25, 0.3) is 0 Å². The number of quaternary nitrogens is 2. The van der Waals surface area contributed by atoms with E-state index in [1.807, 2.05) is 0 Å². The van der Waals surface area contributed by atoms with Crippen molar-refractivity contribution < 1.29 is 13.7 Å². The zero-order valence-corrected chi connectivity index (χ0v) is 15.3. The molecular weight excluding hydrogens is 260 g/mol. The lowest BCUT2D eigenvalue weighted by Gasteiger charge is -2.56. The Morgan fingerprint density at radius 2 is 1.62 bits per heavy atom. The van der Waals surface area contributed by atoms with Gasteiger partial charge in [0.2, 0.25) is 0 Å². The summed E-state index contributed by atoms with van der Waals surface area (Å²) in [5.74, 6) is 0. The van der Waals surface area contributed by atoms with E-state index in [4.69, 9.17) is 4.74 Å². The van der Waals surface area contributed by atoms with E-state index in [0.717, 1.165) is 17.7 Å². The van der Waals surface area contributed by atoms with Crippen molar-refractivity contribution in [3.05, 3.63) is 11.6 Å². The first-order valence-electron chi connectivity index (χ1n) is 8.45. The molecule has 0 N–H and O–H groups in total. The molecule has 0 radical (unpaired) electrons. The van der Waals surface area contributed by atoms with Gasteiger partial charge >= 0.3 is 0 Å². The quantitative estimate of drug-likeness (QED) is 0.575. The smallest absolute Gasteiger partial charge is 0.112 e. The molecule has 0 aliphatic carbocycles. The van der Waals surface area contributed by atoms with Gasteiger partial charge in [0, 0.05) is 12.8 Å². The third kappa shape index (κ3) is 3.20. The molecule has 21 heavy (non-hydrogen) atoms. The molecule has 0 aromatic heterocycles. The molecule has 2 aliphatic rings. The van der Waals surface area contributed by atoms with Crippen molar-refractivity contribution >= 4 is 0 Å². The fourth-order valence-electron chi connectivity index (χ4n) is 3.83. The summed E-state index contributed by atoms with van der Waals surface area (Å²) in [7, 11) is 7.15. The molecule has 1 fully saturated rings. The van der Waals surface area contributed by atoms with E-state index < -0.39 is 0 Å². The van der Waals surface area contributed by atoms with Gasteiger partial charge in [-0.05, 0) is 33.8 Å². The predicted molar refractivity (Wildman–Crippen MR) is 89.2 cm³/mol. The van der Waals surface area contributed by atoms with Gasteiger partial charge in [-0.2, -0.15) is 0 Å². The number of nitrogens with zero attached hydrogens (tertiary/aromatic N) is 2. The predicted octanol–water partition coefficient (Wildman–Crippen LogP) is 2.82. The largest absolute Gasteiger partial charge is 0.370 e. The van der Waals surface area contributed by atoms with E-state index in [1.165, 1.54) is 37.0 Å². The fraction of sp³-hybridized carbons (Fsp3) is 0.889. The number of hydrogen-bond acceptors (Lipinski definition) is 1. The van der Waals surface area contributed by atoms with Crippen LogP contribution in [0.2, 0.25) is 0 Å². The third-order valence-corrected chi connectivity index (χ3v) is 6.69. The zero-order valence-electron chi connectivity index (χ0n) is 15.3. The van der Waals surface area contributed by atoms with Crippen molar-refractivity contribution in [1.82, 2.24) is 0 Å². The molecule has 0 aromatic carbocycles. The van der Waals surface area contributed by atoms with Gasteiger partial charge in [0.25, 0.3) is 0 Å². The number of likely N-dealkylation sites (N-methyl/N-ethyl adjacent to an activating group) is 2. The van der Waals surface area contributed by atoms with Gasteiger partial charge in [0.1, 0.15) is 18.6 Å². The lowest BCUT2D eigenvalue weighted by Crippen LogP contribution is -2.68. The Bertz CT molecular complexity index is 415. The normalized spacial score (nSPS) is 29.8. The molecule has 3 nitrogen and oxygen atoms in total. The van der Waals surface area contributed by atoms with Gasteiger partial charge < -0.3 is 13.7 Å². The Morgan fingerprint density at radius 1 is 1.05 bits per heavy atom. The highest BCUT2D eigenvalue weighted by Gasteiger charge is 2.50. The second-order valence-electron chi connectivity index (χ2n) is 9.05. The van der Waals surface area contributed by atoms with Crippen LogP contribution in [-0.4, -0.2) is 74.0 Å². The molecule has 0 aromatic rings. The minimum Gasteiger partial charge on any atom is -0.370 e. The van der Waals surface area contributed by atoms with Crippen LogP contribution in [-0.2, 0) is 4.74 Å². The maximum Gasteiger partial charge on any atom is 0.112 e. The van der Waals surface area contributed by atoms with Gasteiger partial charge in [-0.25, -0.2) is 0 Å². The number of morpholine rings is 1. The van der Waals surface area contributed by atoms with E-state index in [9.17, 15) is 0 Å². The van der Waals surface area contributed by atoms with Crippen molar-refractivity contribution in [2.75, 3.05) is 54.0 Å². The van der Waals surface area contributed by atoms with Crippen LogP contribution < -0.4 is 0 Å². The van der Waals surface area contributed by atoms with Crippen molar-refractivity contribution in [2.45, 2.75) is 51.6 Å². The van der Waals surface area contributed by atoms with E-state index in [1.54, 1.807) is 5.57 Å². The molecule has 0 spiro atoms. The summed E-state index contributed by atoms with van der Waals surface area (Å²) < 4.78 is 7.75. The molecular formula is C18H36N2O+2. The van der Waals surface area contributed by atoms with Crippen molar-refractivity contribution in [3.63, 3.8) is 0 Å². The molecule has 0 atom stereocenters. The van der Waals surface area contributed by atoms with E-state index in [0.29, 0.717) is 5.54 Å². The summed E-state index contributed by atoms with van der Waals surface area (Å²) in [6.45, 7) is 15.1. The monoisotopic (exact) mass is 296 g/mol. The molecule has 0 unspecified atom stereocenters. The van der Waals surface area contributed by atoms with Crippen molar-refractivity contribution in [1.29, 1.82) is 0 Å². The van der Waals surface area contributed by atoms with Crippen LogP contribution >= 0.6 is 0 Å². The number of ether oxygens (including phenoxy) is 1. The van der Waals surface area contributed by atoms with Gasteiger partial charge in [0.15, 0.2) is 0 Å². The first-order valence-corrected chi connectivity index (χ1v) is 8.45. The average molecular weight is 296 g/mol. The van der Waals surface area contributed by atoms with Gasteiger partial charge in [0.05, 0.1) is 46.4 Å². The summed E-state index contributed by atoms with van der Waals surface area (Å²) in [5.41, 5.74) is 2.17. The van der Waals surface area contributed by atoms with Gasteiger partial charge in [-0.1, -0.05) is 5.57 Å². The number of hydrogen-bond donors (Lipinski definition) is 0. The standard InChI is InChI=1S/C18H36N2O/c1-17(2)14-16(15-18(3,4)19(17,5)6)8-9-20(7)10-12-21-13-11-20/h14H,8-13,15H2,1-7H3/q+2. The third-order valence-electron chi connectivity index (χ3n) is 6.69. The summed E-state index contributed by atoms with van der Waals surface area (Å²) >= 11 is 0. The minimum absolute atomic E-state index is 0.209. The Kier molecular flexibility index (Phi) is 4.34. The van der Waals surface area contributed by atoms with Gasteiger partial charge in [-0.3, -0.25) is 0 Å². The molecule has 3 heteroatoms. The molecule has 2 heterocycles. The maximum absolute atomic E-state index is 5.52. The molecule has 0 amide bonds. The second kappa shape index (κ2) is 5.36. The summed E-state index contributed by atoms with van der Waals surface area (Å²) in [4.78, 5) is 0. The molecule has 122 valence electrons. The van der Waals surface area contributed by atoms with E-state index >= 15 is 0 Å². The maximum atomic E-state index is 5.52. The van der Waals surface area contributed by atoms with Crippen LogP contribution in [0.3, 0.4) is 0 Å². The second-order valence-corrected chi connectivity index (χ2v) is 9.05. The molecule has 2 rings (SSSR count). The van der Waals surface area contributed by atoms with Crippen LogP contribution in [0.1, 0.15) is 40.5 Å². The summed E-state index contributed by atoms with van der Waals surface area (Å²) in [6.07, 6.45) is 5.02. The molecule has 1 saturated heterocycles. The first kappa shape index (κ1) is 17.0. The Balaban J connectivity index is 2.09. The van der Waals surface area contributed by atoms with Crippen LogP contribution in [0.5, 0.6) is 0 Å². The van der Waals surface area contributed by atoms with Crippen molar-refractivity contribution in [2.24, 2.45) is 0 Å². The van der Waals surface area contributed by atoms with Gasteiger partial charge in [-0.15, -0.1) is 0 Å². The minimum atomic E-state index is 0.209. The lowest BCUT2D eigenvalue weighted by molar-refractivity contribution is -0.976. The van der Waals surface area contributed by atoms with E-state index in [-0.39, 0.29) is 5.54 Å². The Labute approximate surface area is 131 Å². The SMILES string of the molecule is CC1(C)C=C(CC[N+]2(C)CCOCC2)CC(C)(C)[N+]1(C)C. The first-order chi connectivity index (χ1) is 9.49. The molecule has 0 bridgehead atoms. The average Bonchev–Trinajstić information content (AvgIpc) is 2.34. The van der Waals surface area contributed by atoms with Crippen LogP contribution in [0.4, 0.5) is 0 Å². The van der Waals surface area contributed by atoms with E-state index in [2.05, 4.69) is 54.9 Å². The Morgan fingerprint density at radius 3 is 2.14 bits per heavy atom. The topological polar surface area (TPSA) is 9.23 Å². The summed E-state index contributed by atoms with van der Waals surface area (Å²) in [5, 5.41) is 0. The van der Waals surface area contributed by atoms with Crippen LogP contribution in [0, 0.1) is 0 Å². The lowest BCUT2D eigenvalue weighted by atomic mass is 9.77. The van der Waals surface area contributed by atoms with Crippen LogP contribution in [0.15, 0.2) is 11.6 Å². The highest BCUT2D eigenvalue weighted by atomic mass is 16.5. The fourth-order valence-corrected chi connectivity index (χ4v) is 3.83. The molecule has 2 aliphatic heterocycles. The highest BCUT2D eigenvalue weighted by molar-refractivity contribution is 5.16. The summed E-state index contributed by atoms with van der Waals surface area (Å²) in [6, 6.07) is 0.